The number of halogens is 1. The molecule has 3 aromatic rings. The van der Waals surface area contributed by atoms with Gasteiger partial charge >= 0.3 is 0 Å². The number of aromatic nitrogens is 3. The van der Waals surface area contributed by atoms with E-state index in [-0.39, 0.29) is 18.1 Å². The zero-order chi connectivity index (χ0) is 20.5. The number of pyridine rings is 1. The van der Waals surface area contributed by atoms with E-state index < -0.39 is 6.17 Å². The van der Waals surface area contributed by atoms with Crippen LogP contribution in [0.5, 0.6) is 0 Å². The minimum Gasteiger partial charge on any atom is -0.365 e. The average molecular weight is 408 g/mol. The van der Waals surface area contributed by atoms with E-state index >= 15 is 0 Å². The summed E-state index contributed by atoms with van der Waals surface area (Å²) in [5, 5.41) is 7.85. The summed E-state index contributed by atoms with van der Waals surface area (Å²) in [5.74, 6) is 0.920. The van der Waals surface area contributed by atoms with Gasteiger partial charge in [0.25, 0.3) is 5.56 Å². The minimum absolute atomic E-state index is 0.174. The molecular weight excluding hydrogens is 383 g/mol. The minimum atomic E-state index is -0.893. The summed E-state index contributed by atoms with van der Waals surface area (Å²) in [6.07, 6.45) is 1.62. The molecule has 2 fully saturated rings. The maximum Gasteiger partial charge on any atom is 0.263 e. The molecule has 5 rings (SSSR count). The van der Waals surface area contributed by atoms with Crippen LogP contribution >= 0.6 is 0 Å². The monoisotopic (exact) mass is 408 g/mol. The second-order valence-corrected chi connectivity index (χ2v) is 8.02. The number of anilines is 2. The quantitative estimate of drug-likeness (QED) is 0.616. The lowest BCUT2D eigenvalue weighted by Gasteiger charge is -2.26. The maximum atomic E-state index is 13.7. The van der Waals surface area contributed by atoms with E-state index in [2.05, 4.69) is 15.6 Å². The highest BCUT2D eigenvalue weighted by Gasteiger charge is 2.26. The van der Waals surface area contributed by atoms with Gasteiger partial charge in [-0.15, -0.1) is 0 Å². The summed E-state index contributed by atoms with van der Waals surface area (Å²) in [5.41, 5.74) is 1.55. The third-order valence-corrected chi connectivity index (χ3v) is 5.83. The van der Waals surface area contributed by atoms with E-state index in [0.29, 0.717) is 36.0 Å². The fraction of sp³-hybridized carbons (Fsp3) is 0.409. The molecule has 3 N–H and O–H groups in total. The predicted molar refractivity (Wildman–Crippen MR) is 117 cm³/mol. The number of hydrogen-bond acceptors (Lipinski definition) is 6. The van der Waals surface area contributed by atoms with Gasteiger partial charge in [-0.1, -0.05) is 24.3 Å². The Labute approximate surface area is 173 Å². The molecule has 2 saturated heterocycles. The van der Waals surface area contributed by atoms with Crippen molar-refractivity contribution in [2.45, 2.75) is 31.5 Å². The number of nitrogens with zero attached hydrogens (tertiary/aromatic N) is 3. The number of H-pyrrole nitrogens is 1. The third kappa shape index (κ3) is 3.75. The number of aromatic amines is 1. The first-order valence-corrected chi connectivity index (χ1v) is 10.5. The predicted octanol–water partition coefficient (Wildman–Crippen LogP) is 2.70. The zero-order valence-electron chi connectivity index (χ0n) is 16.7. The van der Waals surface area contributed by atoms with Gasteiger partial charge < -0.3 is 15.5 Å². The molecule has 0 aliphatic carbocycles. The molecule has 0 saturated carbocycles. The fourth-order valence-electron chi connectivity index (χ4n) is 4.24. The number of fused-ring (bicyclic) bond motifs is 1. The van der Waals surface area contributed by atoms with Crippen molar-refractivity contribution in [3.8, 4) is 11.3 Å². The molecule has 7 nitrogen and oxygen atoms in total. The summed E-state index contributed by atoms with van der Waals surface area (Å²) < 4.78 is 13.7. The molecule has 4 heterocycles. The first kappa shape index (κ1) is 19.0. The van der Waals surface area contributed by atoms with E-state index in [1.807, 2.05) is 36.4 Å². The van der Waals surface area contributed by atoms with Crippen LogP contribution in [0.3, 0.4) is 0 Å². The van der Waals surface area contributed by atoms with Crippen LogP contribution in [-0.2, 0) is 0 Å². The molecule has 2 aliphatic rings. The highest BCUT2D eigenvalue weighted by molar-refractivity contribution is 5.83. The molecule has 0 amide bonds. The first-order valence-electron chi connectivity index (χ1n) is 10.5. The summed E-state index contributed by atoms with van der Waals surface area (Å²) in [6, 6.07) is 11.8. The second kappa shape index (κ2) is 8.02. The van der Waals surface area contributed by atoms with Crippen LogP contribution in [0.25, 0.3) is 22.2 Å². The number of nitrogens with one attached hydrogen (secondary N) is 3. The van der Waals surface area contributed by atoms with Crippen molar-refractivity contribution in [2.75, 3.05) is 36.4 Å². The molecule has 156 valence electrons. The van der Waals surface area contributed by atoms with E-state index in [4.69, 9.17) is 9.97 Å². The second-order valence-electron chi connectivity index (χ2n) is 8.02. The van der Waals surface area contributed by atoms with E-state index in [9.17, 15) is 9.18 Å². The lowest BCUT2D eigenvalue weighted by Crippen LogP contribution is -2.39. The summed E-state index contributed by atoms with van der Waals surface area (Å²) >= 11 is 0. The number of para-hydroxylation sites is 1. The van der Waals surface area contributed by atoms with E-state index in [1.54, 1.807) is 4.90 Å². The molecule has 2 aromatic heterocycles. The Bertz CT molecular complexity index is 1110. The van der Waals surface area contributed by atoms with Gasteiger partial charge in [0.2, 0.25) is 5.95 Å². The number of alkyl halides is 1. The zero-order valence-corrected chi connectivity index (χ0v) is 16.7. The van der Waals surface area contributed by atoms with Crippen molar-refractivity contribution in [3.63, 3.8) is 0 Å². The highest BCUT2D eigenvalue weighted by Crippen LogP contribution is 2.27. The number of hydrogen-bond donors (Lipinski definition) is 3. The van der Waals surface area contributed by atoms with E-state index in [1.165, 1.54) is 0 Å². The lowest BCUT2D eigenvalue weighted by atomic mass is 10.1. The summed E-state index contributed by atoms with van der Waals surface area (Å²) in [7, 11) is 0. The Kier molecular flexibility index (Phi) is 5.08. The standard InChI is InChI=1S/C22H25FN6O/c23-15-9-11-29(13-15)22-27-20(25-16-5-3-10-24-12-16)19(21(30)28-22)18-8-7-14-4-1-2-6-17(14)26-18/h1-2,4,6-8,15-16,24H,3,5,9-13H2,(H2,25,27,28,30). The fourth-order valence-corrected chi connectivity index (χ4v) is 4.24. The Hall–Kier alpha value is -3.00. The van der Waals surface area contributed by atoms with Gasteiger partial charge in [0.05, 0.1) is 17.8 Å². The van der Waals surface area contributed by atoms with Crippen molar-refractivity contribution < 1.29 is 4.39 Å². The van der Waals surface area contributed by atoms with Crippen LogP contribution in [0.15, 0.2) is 41.2 Å². The number of rotatable bonds is 4. The van der Waals surface area contributed by atoms with Crippen molar-refractivity contribution in [2.24, 2.45) is 0 Å². The van der Waals surface area contributed by atoms with Gasteiger partial charge in [-0.25, -0.2) is 9.37 Å². The average Bonchev–Trinajstić information content (AvgIpc) is 3.20. The highest BCUT2D eigenvalue weighted by atomic mass is 19.1. The number of benzene rings is 1. The molecule has 0 spiro atoms. The van der Waals surface area contributed by atoms with Crippen LogP contribution in [0.1, 0.15) is 19.3 Å². The van der Waals surface area contributed by atoms with Crippen molar-refractivity contribution in [3.05, 3.63) is 46.8 Å². The molecule has 30 heavy (non-hydrogen) atoms. The van der Waals surface area contributed by atoms with Gasteiger partial charge in [0.1, 0.15) is 17.6 Å². The van der Waals surface area contributed by atoms with Crippen molar-refractivity contribution in [1.82, 2.24) is 20.3 Å². The third-order valence-electron chi connectivity index (χ3n) is 5.83. The van der Waals surface area contributed by atoms with Gasteiger partial charge in [-0.05, 0) is 37.9 Å². The van der Waals surface area contributed by atoms with Crippen LogP contribution < -0.4 is 21.1 Å². The van der Waals surface area contributed by atoms with Crippen LogP contribution in [0.4, 0.5) is 16.2 Å². The van der Waals surface area contributed by atoms with Crippen LogP contribution in [0, 0.1) is 0 Å². The van der Waals surface area contributed by atoms with Crippen LogP contribution in [0.2, 0.25) is 0 Å². The Morgan fingerprint density at radius 1 is 1.13 bits per heavy atom. The first-order chi connectivity index (χ1) is 14.7. The van der Waals surface area contributed by atoms with Crippen molar-refractivity contribution in [1.29, 1.82) is 0 Å². The molecule has 2 unspecified atom stereocenters. The summed E-state index contributed by atoms with van der Waals surface area (Å²) in [4.78, 5) is 27.3. The van der Waals surface area contributed by atoms with Gasteiger partial charge in [0.15, 0.2) is 0 Å². The van der Waals surface area contributed by atoms with Gasteiger partial charge in [-0.3, -0.25) is 9.78 Å². The molecule has 8 heteroatoms. The molecular formula is C22H25FN6O. The Balaban J connectivity index is 1.59. The molecule has 2 atom stereocenters. The SMILES string of the molecule is O=c1[nH]c(N2CCC(F)C2)nc(NC2CCCNC2)c1-c1ccc2ccccc2n1. The topological polar surface area (TPSA) is 85.9 Å². The molecule has 0 radical (unpaired) electrons. The van der Waals surface area contributed by atoms with Gasteiger partial charge in [-0.2, -0.15) is 4.98 Å². The molecule has 2 aliphatic heterocycles. The van der Waals surface area contributed by atoms with E-state index in [0.717, 1.165) is 36.8 Å². The maximum absolute atomic E-state index is 13.7. The molecule has 1 aromatic carbocycles. The smallest absolute Gasteiger partial charge is 0.263 e. The van der Waals surface area contributed by atoms with Crippen molar-refractivity contribution >= 4 is 22.7 Å². The lowest BCUT2D eigenvalue weighted by molar-refractivity contribution is 0.364. The largest absolute Gasteiger partial charge is 0.365 e. The molecule has 0 bridgehead atoms. The van der Waals surface area contributed by atoms with Crippen LogP contribution in [-0.4, -0.2) is 53.3 Å². The summed E-state index contributed by atoms with van der Waals surface area (Å²) in [6.45, 7) is 2.60. The Morgan fingerprint density at radius 2 is 2.03 bits per heavy atom. The number of piperidine rings is 1. The Morgan fingerprint density at radius 3 is 2.83 bits per heavy atom. The van der Waals surface area contributed by atoms with Gasteiger partial charge in [0, 0.05) is 24.5 Å². The normalized spacial score (nSPS) is 21.8.